The lowest BCUT2D eigenvalue weighted by molar-refractivity contribution is -0.137. The van der Waals surface area contributed by atoms with Crippen LogP contribution in [-0.2, 0) is 17.5 Å². The van der Waals surface area contributed by atoms with E-state index in [4.69, 9.17) is 11.6 Å². The standard InChI is InChI=1S/C23H18ClF3N6O2/c24-20-19(22(35)32-7-6-31(18(34)13-32)11-14-4-2-1-3-5-14)30-21-17(23(25,26)27)8-15(12-33(20)21)16-9-28-29-10-16/h1-5,8-10,12H,6-7,11,13H2,(H,28,29). The average Bonchev–Trinajstić information content (AvgIpc) is 3.48. The Morgan fingerprint density at radius 1 is 1.14 bits per heavy atom. The van der Waals surface area contributed by atoms with Gasteiger partial charge >= 0.3 is 6.18 Å². The highest BCUT2D eigenvalue weighted by molar-refractivity contribution is 6.33. The number of pyridine rings is 1. The Labute approximate surface area is 201 Å². The number of nitrogens with one attached hydrogen (secondary N) is 1. The SMILES string of the molecule is O=C1CN(C(=O)c2nc3c(C(F)(F)F)cc(-c4cn[nH]c4)cn3c2Cl)CCN1Cc1ccccc1. The maximum Gasteiger partial charge on any atom is 0.420 e. The second-order valence-electron chi connectivity index (χ2n) is 8.10. The van der Waals surface area contributed by atoms with E-state index in [9.17, 15) is 22.8 Å². The van der Waals surface area contributed by atoms with E-state index in [1.807, 2.05) is 30.3 Å². The number of piperazine rings is 1. The molecular weight excluding hydrogens is 485 g/mol. The van der Waals surface area contributed by atoms with Crippen molar-refractivity contribution in [2.45, 2.75) is 12.7 Å². The van der Waals surface area contributed by atoms with Crippen molar-refractivity contribution in [2.75, 3.05) is 19.6 Å². The van der Waals surface area contributed by atoms with Crippen molar-refractivity contribution in [1.82, 2.24) is 29.4 Å². The summed E-state index contributed by atoms with van der Waals surface area (Å²) in [7, 11) is 0. The van der Waals surface area contributed by atoms with Crippen molar-refractivity contribution < 1.29 is 22.8 Å². The van der Waals surface area contributed by atoms with E-state index in [0.717, 1.165) is 16.0 Å². The molecule has 1 N–H and O–H groups in total. The smallest absolute Gasteiger partial charge is 0.335 e. The van der Waals surface area contributed by atoms with E-state index in [1.54, 1.807) is 4.90 Å². The van der Waals surface area contributed by atoms with Gasteiger partial charge < -0.3 is 9.80 Å². The van der Waals surface area contributed by atoms with Gasteiger partial charge in [-0.1, -0.05) is 41.9 Å². The van der Waals surface area contributed by atoms with Crippen molar-refractivity contribution >= 4 is 29.1 Å². The largest absolute Gasteiger partial charge is 0.420 e. The average molecular weight is 503 g/mol. The first-order chi connectivity index (χ1) is 16.7. The van der Waals surface area contributed by atoms with Crippen LogP contribution in [0.1, 0.15) is 21.6 Å². The molecule has 180 valence electrons. The van der Waals surface area contributed by atoms with Gasteiger partial charge in [-0.05, 0) is 11.6 Å². The summed E-state index contributed by atoms with van der Waals surface area (Å²) < 4.78 is 42.6. The number of aromatic nitrogens is 4. The highest BCUT2D eigenvalue weighted by atomic mass is 35.5. The van der Waals surface area contributed by atoms with Gasteiger partial charge in [-0.25, -0.2) is 4.98 Å². The molecule has 0 spiro atoms. The van der Waals surface area contributed by atoms with Crippen LogP contribution in [0, 0.1) is 0 Å². The molecule has 0 atom stereocenters. The number of fused-ring (bicyclic) bond motifs is 1. The molecule has 35 heavy (non-hydrogen) atoms. The number of aromatic amines is 1. The molecule has 0 bridgehead atoms. The summed E-state index contributed by atoms with van der Waals surface area (Å²) in [6.07, 6.45) is -0.558. The monoisotopic (exact) mass is 502 g/mol. The number of nitrogens with zero attached hydrogens (tertiary/aromatic N) is 5. The first-order valence-corrected chi connectivity index (χ1v) is 11.0. The lowest BCUT2D eigenvalue weighted by atomic mass is 10.1. The summed E-state index contributed by atoms with van der Waals surface area (Å²) in [6.45, 7) is 0.668. The Hall–Kier alpha value is -3.86. The second-order valence-corrected chi connectivity index (χ2v) is 8.46. The molecule has 5 rings (SSSR count). The molecule has 0 saturated carbocycles. The topological polar surface area (TPSA) is 86.6 Å². The first kappa shape index (κ1) is 22.9. The molecule has 1 aliphatic rings. The Balaban J connectivity index is 1.44. The van der Waals surface area contributed by atoms with Crippen LogP contribution in [0.15, 0.2) is 55.0 Å². The van der Waals surface area contributed by atoms with Gasteiger partial charge in [0, 0.05) is 43.2 Å². The Kier molecular flexibility index (Phi) is 5.72. The summed E-state index contributed by atoms with van der Waals surface area (Å²) >= 11 is 6.37. The minimum absolute atomic E-state index is 0.196. The van der Waals surface area contributed by atoms with Gasteiger partial charge in [0.1, 0.15) is 11.7 Å². The van der Waals surface area contributed by atoms with Crippen LogP contribution in [0.2, 0.25) is 5.15 Å². The highest BCUT2D eigenvalue weighted by Crippen LogP contribution is 2.37. The minimum Gasteiger partial charge on any atom is -0.335 e. The van der Waals surface area contributed by atoms with Gasteiger partial charge in [-0.2, -0.15) is 18.3 Å². The van der Waals surface area contributed by atoms with Crippen LogP contribution < -0.4 is 0 Å². The number of carbonyl (C=O) groups is 2. The molecule has 0 aliphatic carbocycles. The number of carbonyl (C=O) groups excluding carboxylic acids is 2. The van der Waals surface area contributed by atoms with Gasteiger partial charge in [-0.15, -0.1) is 0 Å². The molecular formula is C23H18ClF3N6O2. The van der Waals surface area contributed by atoms with Crippen molar-refractivity contribution in [3.8, 4) is 11.1 Å². The van der Waals surface area contributed by atoms with Crippen molar-refractivity contribution in [2.24, 2.45) is 0 Å². The summed E-state index contributed by atoms with van der Waals surface area (Å²) in [5.74, 6) is -0.976. The maximum absolute atomic E-state index is 13.8. The predicted molar refractivity (Wildman–Crippen MR) is 121 cm³/mol. The zero-order valence-electron chi connectivity index (χ0n) is 18.1. The Morgan fingerprint density at radius 2 is 1.91 bits per heavy atom. The number of rotatable bonds is 4. The van der Waals surface area contributed by atoms with Crippen LogP contribution >= 0.6 is 11.6 Å². The van der Waals surface area contributed by atoms with E-state index in [1.165, 1.54) is 23.5 Å². The lowest BCUT2D eigenvalue weighted by Crippen LogP contribution is -2.51. The molecule has 1 aromatic carbocycles. The van der Waals surface area contributed by atoms with Gasteiger partial charge in [-0.3, -0.25) is 19.1 Å². The number of hydrogen-bond donors (Lipinski definition) is 1. The van der Waals surface area contributed by atoms with Gasteiger partial charge in [0.15, 0.2) is 11.3 Å². The Bertz CT molecular complexity index is 1400. The van der Waals surface area contributed by atoms with Crippen LogP contribution in [0.4, 0.5) is 13.2 Å². The molecule has 0 unspecified atom stereocenters. The van der Waals surface area contributed by atoms with Crippen LogP contribution in [0.5, 0.6) is 0 Å². The quantitative estimate of drug-likeness (QED) is 0.459. The fourth-order valence-corrected chi connectivity index (χ4v) is 4.28. The number of benzene rings is 1. The summed E-state index contributed by atoms with van der Waals surface area (Å²) in [5, 5.41) is 6.05. The first-order valence-electron chi connectivity index (χ1n) is 10.6. The third kappa shape index (κ3) is 4.34. The Morgan fingerprint density at radius 3 is 2.57 bits per heavy atom. The maximum atomic E-state index is 13.8. The lowest BCUT2D eigenvalue weighted by Gasteiger charge is -2.34. The van der Waals surface area contributed by atoms with Crippen LogP contribution in [-0.4, -0.2) is 60.8 Å². The van der Waals surface area contributed by atoms with Crippen molar-refractivity contribution in [3.63, 3.8) is 0 Å². The van der Waals surface area contributed by atoms with Gasteiger partial charge in [0.2, 0.25) is 5.91 Å². The fourth-order valence-electron chi connectivity index (χ4n) is 4.03. The second kappa shape index (κ2) is 8.73. The fraction of sp³-hybridized carbons (Fsp3) is 0.217. The van der Waals surface area contributed by atoms with Crippen molar-refractivity contribution in [1.29, 1.82) is 0 Å². The summed E-state index contributed by atoms with van der Waals surface area (Å²) in [5.41, 5.74) is -0.312. The van der Waals surface area contributed by atoms with E-state index in [0.29, 0.717) is 12.1 Å². The molecule has 2 amide bonds. The number of amides is 2. The molecule has 8 nitrogen and oxygen atoms in total. The minimum atomic E-state index is -4.74. The van der Waals surface area contributed by atoms with E-state index in [2.05, 4.69) is 15.2 Å². The number of halogens is 4. The van der Waals surface area contributed by atoms with Crippen LogP contribution in [0.25, 0.3) is 16.8 Å². The predicted octanol–water partition coefficient (Wildman–Crippen LogP) is 3.88. The number of hydrogen-bond acceptors (Lipinski definition) is 4. The molecule has 1 saturated heterocycles. The molecule has 3 aromatic heterocycles. The molecule has 1 aliphatic heterocycles. The highest BCUT2D eigenvalue weighted by Gasteiger charge is 2.37. The molecule has 1 fully saturated rings. The van der Waals surface area contributed by atoms with Crippen LogP contribution in [0.3, 0.4) is 0 Å². The molecule has 4 aromatic rings. The molecule has 4 heterocycles. The normalized spacial score (nSPS) is 14.7. The van der Waals surface area contributed by atoms with Gasteiger partial charge in [0.25, 0.3) is 5.91 Å². The zero-order valence-corrected chi connectivity index (χ0v) is 18.8. The summed E-state index contributed by atoms with van der Waals surface area (Å²) in [4.78, 5) is 32.7. The van der Waals surface area contributed by atoms with Crippen molar-refractivity contribution in [3.05, 3.63) is 77.0 Å². The van der Waals surface area contributed by atoms with E-state index >= 15 is 0 Å². The number of imidazole rings is 1. The zero-order chi connectivity index (χ0) is 24.7. The van der Waals surface area contributed by atoms with E-state index < -0.39 is 23.3 Å². The third-order valence-electron chi connectivity index (χ3n) is 5.82. The van der Waals surface area contributed by atoms with Gasteiger partial charge in [0.05, 0.1) is 11.8 Å². The third-order valence-corrected chi connectivity index (χ3v) is 6.18. The molecule has 0 radical (unpaired) electrons. The van der Waals surface area contributed by atoms with E-state index in [-0.39, 0.29) is 42.0 Å². The summed E-state index contributed by atoms with van der Waals surface area (Å²) in [6, 6.07) is 10.4. The molecule has 12 heteroatoms. The number of alkyl halides is 3. The number of H-pyrrole nitrogens is 1.